The maximum absolute atomic E-state index is 12.4. The minimum atomic E-state index is -4.41. The molecule has 2 aromatic carbocycles. The number of Topliss-reactive ketones (excluding diaryl/α,β-unsaturated/α-hetero) is 1. The van der Waals surface area contributed by atoms with Crippen molar-refractivity contribution in [2.24, 2.45) is 0 Å². The number of fused-ring (bicyclic) bond motifs is 2. The van der Waals surface area contributed by atoms with Gasteiger partial charge in [0.15, 0.2) is 16.8 Å². The number of halogens is 2. The molecule has 50 heavy (non-hydrogen) atoms. The molecule has 0 fully saturated rings. The minimum Gasteiger partial charge on any atom is -0.748 e. The van der Waals surface area contributed by atoms with E-state index in [1.807, 2.05) is 63.1 Å². The van der Waals surface area contributed by atoms with Crippen LogP contribution in [0.2, 0.25) is 10.0 Å². The summed E-state index contributed by atoms with van der Waals surface area (Å²) in [6.45, 7) is 9.37. The lowest BCUT2D eigenvalue weighted by atomic mass is 10.1. The Hall–Kier alpha value is -3.02. The first-order valence-corrected chi connectivity index (χ1v) is 20.2. The van der Waals surface area contributed by atoms with Crippen molar-refractivity contribution in [1.29, 1.82) is 0 Å². The number of benzene rings is 2. The number of allylic oxidation sites excluding steroid dienone is 2. The van der Waals surface area contributed by atoms with Gasteiger partial charge in [-0.1, -0.05) is 36.2 Å². The number of carbonyl (C=O) groups excluding carboxylic acids is 1. The quantitative estimate of drug-likeness (QED) is 0.0805. The molecule has 1 aliphatic heterocycles. The van der Waals surface area contributed by atoms with Gasteiger partial charge in [0.25, 0.3) is 15.9 Å². The SMILES string of the molecule is CCNOS(=O)(=O)CCC[n+]1c(/C=C/C=C2\N(CC)c3cc(Cl)c(COC)cc3N2CCCS(=O)(=O)[O-])n(CC)c2cc(Cl)c(C(C)=O)cc21. The van der Waals surface area contributed by atoms with E-state index >= 15 is 0 Å². The van der Waals surface area contributed by atoms with Crippen molar-refractivity contribution in [2.45, 2.75) is 60.2 Å². The molecule has 1 aliphatic rings. The number of aromatic nitrogens is 2. The summed E-state index contributed by atoms with van der Waals surface area (Å²) in [6, 6.07) is 7.23. The molecule has 13 nitrogen and oxygen atoms in total. The van der Waals surface area contributed by atoms with E-state index in [0.717, 1.165) is 34.1 Å². The van der Waals surface area contributed by atoms with Crippen molar-refractivity contribution in [3.05, 3.63) is 69.2 Å². The number of ether oxygens (including phenoxy) is 1. The van der Waals surface area contributed by atoms with Gasteiger partial charge in [-0.05, 0) is 51.0 Å². The van der Waals surface area contributed by atoms with Gasteiger partial charge >= 0.3 is 0 Å². The van der Waals surface area contributed by atoms with Crippen LogP contribution in [0.5, 0.6) is 0 Å². The molecular formula is C33H43Cl2N5O8S2. The Kier molecular flexibility index (Phi) is 13.5. The summed E-state index contributed by atoms with van der Waals surface area (Å²) in [4.78, 5) is 16.4. The molecule has 1 N–H and O–H groups in total. The van der Waals surface area contributed by atoms with Gasteiger partial charge in [-0.3, -0.25) is 4.79 Å². The highest BCUT2D eigenvalue weighted by Crippen LogP contribution is 2.44. The summed E-state index contributed by atoms with van der Waals surface area (Å²) in [5.74, 6) is 0.525. The van der Waals surface area contributed by atoms with Gasteiger partial charge in [0.05, 0.1) is 52.0 Å². The maximum Gasteiger partial charge on any atom is 0.283 e. The van der Waals surface area contributed by atoms with E-state index in [0.29, 0.717) is 40.8 Å². The summed E-state index contributed by atoms with van der Waals surface area (Å²) in [5, 5.41) is 0.839. The topological polar surface area (TPSA) is 154 Å². The highest BCUT2D eigenvalue weighted by molar-refractivity contribution is 7.86. The van der Waals surface area contributed by atoms with Crippen molar-refractivity contribution in [1.82, 2.24) is 10.0 Å². The summed E-state index contributed by atoms with van der Waals surface area (Å²) in [6.07, 6.45) is 5.97. The molecule has 17 heteroatoms. The van der Waals surface area contributed by atoms with Crippen molar-refractivity contribution in [3.8, 4) is 0 Å². The fraction of sp³-hybridized carbons (Fsp3) is 0.455. The van der Waals surface area contributed by atoms with Gasteiger partial charge in [0.1, 0.15) is 5.82 Å². The Balaban J connectivity index is 1.82. The molecule has 0 radical (unpaired) electrons. The minimum absolute atomic E-state index is 0.107. The number of anilines is 2. The molecule has 0 aliphatic carbocycles. The van der Waals surface area contributed by atoms with Crippen molar-refractivity contribution >= 4 is 77.7 Å². The Morgan fingerprint density at radius 2 is 1.70 bits per heavy atom. The Labute approximate surface area is 303 Å². The van der Waals surface area contributed by atoms with Crippen LogP contribution in [0.4, 0.5) is 11.4 Å². The number of hydrogen-bond donors (Lipinski definition) is 1. The van der Waals surface area contributed by atoms with Crippen molar-refractivity contribution in [3.63, 3.8) is 0 Å². The highest BCUT2D eigenvalue weighted by atomic mass is 35.5. The van der Waals surface area contributed by atoms with Crippen LogP contribution in [0.3, 0.4) is 0 Å². The van der Waals surface area contributed by atoms with Crippen LogP contribution in [0, 0.1) is 0 Å². The first-order chi connectivity index (χ1) is 23.7. The van der Waals surface area contributed by atoms with Crippen LogP contribution in [-0.2, 0) is 49.0 Å². The lowest BCUT2D eigenvalue weighted by Crippen LogP contribution is -2.38. The lowest BCUT2D eigenvalue weighted by Gasteiger charge is -2.24. The maximum atomic E-state index is 12.4. The van der Waals surface area contributed by atoms with Gasteiger partial charge in [-0.15, -0.1) is 0 Å². The molecule has 4 rings (SSSR count). The first kappa shape index (κ1) is 39.8. The van der Waals surface area contributed by atoms with E-state index in [2.05, 4.69) is 5.48 Å². The van der Waals surface area contributed by atoms with E-state index in [1.165, 1.54) is 6.92 Å². The zero-order valence-corrected chi connectivity index (χ0v) is 31.9. The number of methoxy groups -OCH3 is 1. The fourth-order valence-electron chi connectivity index (χ4n) is 6.04. The molecule has 0 saturated carbocycles. The van der Waals surface area contributed by atoms with Gasteiger partial charge in [-0.2, -0.15) is 18.2 Å². The number of nitrogens with one attached hydrogen (secondary N) is 1. The van der Waals surface area contributed by atoms with E-state index in [4.69, 9.17) is 32.2 Å². The van der Waals surface area contributed by atoms with Gasteiger partial charge < -0.3 is 19.1 Å². The predicted molar refractivity (Wildman–Crippen MR) is 195 cm³/mol. The summed E-state index contributed by atoms with van der Waals surface area (Å²) >= 11 is 13.2. The number of carbonyl (C=O) groups is 1. The highest BCUT2D eigenvalue weighted by Gasteiger charge is 2.31. The average molecular weight is 773 g/mol. The lowest BCUT2D eigenvalue weighted by molar-refractivity contribution is -0.673. The average Bonchev–Trinajstić information content (AvgIpc) is 3.48. The molecule has 0 bridgehead atoms. The molecule has 3 aromatic rings. The number of nitrogens with zero attached hydrogens (tertiary/aromatic N) is 4. The number of imidazole rings is 1. The fourth-order valence-corrected chi connectivity index (χ4v) is 7.89. The summed E-state index contributed by atoms with van der Waals surface area (Å²) < 4.78 is 73.4. The number of ketones is 1. The van der Waals surface area contributed by atoms with Gasteiger partial charge in [0, 0.05) is 67.7 Å². The normalized spacial score (nSPS) is 14.5. The second-order valence-corrected chi connectivity index (χ2v) is 15.6. The Morgan fingerprint density at radius 3 is 2.32 bits per heavy atom. The third-order valence-corrected chi connectivity index (χ3v) is 10.8. The van der Waals surface area contributed by atoms with Crippen LogP contribution in [-0.4, -0.2) is 70.0 Å². The summed E-state index contributed by atoms with van der Waals surface area (Å²) in [5.41, 5.74) is 6.61. The summed E-state index contributed by atoms with van der Waals surface area (Å²) in [7, 11) is -6.67. The number of rotatable bonds is 18. The van der Waals surface area contributed by atoms with Crippen molar-refractivity contribution in [2.75, 3.05) is 48.0 Å². The molecule has 0 amide bonds. The predicted octanol–water partition coefficient (Wildman–Crippen LogP) is 5.00. The molecule has 274 valence electrons. The number of aryl methyl sites for hydroxylation is 2. The van der Waals surface area contributed by atoms with E-state index in [1.54, 1.807) is 26.2 Å². The molecule has 1 aromatic heterocycles. The second-order valence-electron chi connectivity index (χ2n) is 11.6. The van der Waals surface area contributed by atoms with Gasteiger partial charge in [-0.25, -0.2) is 17.6 Å². The zero-order valence-electron chi connectivity index (χ0n) is 28.7. The van der Waals surface area contributed by atoms with E-state index in [-0.39, 0.29) is 44.1 Å². The zero-order chi connectivity index (χ0) is 36.8. The molecular weight excluding hydrogens is 729 g/mol. The molecule has 0 atom stereocenters. The van der Waals surface area contributed by atoms with Gasteiger partial charge in [0.2, 0.25) is 0 Å². The standard InChI is InChI=1S/C33H43Cl2N5O8S2/c1-6-36-48-50(45,46)17-11-15-40-29-19-25(23(4)41)27(35)21-31(29)38(8-3)33(40)13-9-12-32-37(7-2)30-20-26(34)24(22-47-5)18-28(30)39(32)14-10-16-49(42,43)44/h9,12-13,18-21,36H,6-8,10-11,14-17,22H2,1-5H3. The Morgan fingerprint density at radius 1 is 0.980 bits per heavy atom. The molecule has 2 heterocycles. The third kappa shape index (κ3) is 9.25. The van der Waals surface area contributed by atoms with E-state index < -0.39 is 26.0 Å². The largest absolute Gasteiger partial charge is 0.748 e. The second kappa shape index (κ2) is 17.0. The van der Waals surface area contributed by atoms with Crippen LogP contribution in [0.15, 0.2) is 42.2 Å². The van der Waals surface area contributed by atoms with Crippen LogP contribution in [0.25, 0.3) is 17.1 Å². The third-order valence-electron chi connectivity index (χ3n) is 8.16. The first-order valence-electron chi connectivity index (χ1n) is 16.2. The van der Waals surface area contributed by atoms with Crippen LogP contribution < -0.4 is 19.8 Å². The smallest absolute Gasteiger partial charge is 0.283 e. The van der Waals surface area contributed by atoms with E-state index in [9.17, 15) is 26.2 Å². The molecule has 0 unspecified atom stereocenters. The number of hydrogen-bond acceptors (Lipinski definition) is 11. The van der Waals surface area contributed by atoms with Crippen LogP contribution >= 0.6 is 23.2 Å². The van der Waals surface area contributed by atoms with Crippen LogP contribution in [0.1, 0.15) is 62.3 Å². The molecule has 0 spiro atoms. The monoisotopic (exact) mass is 771 g/mol. The number of hydroxylamine groups is 1. The molecule has 0 saturated heterocycles. The van der Waals surface area contributed by atoms with Crippen molar-refractivity contribution < 1.29 is 39.8 Å². The Bertz CT molecular complexity index is 2010.